The Morgan fingerprint density at radius 1 is 1.21 bits per heavy atom. The number of carbonyl (C=O) groups excluding carboxylic acids is 1. The van der Waals surface area contributed by atoms with Gasteiger partial charge in [0.2, 0.25) is 5.95 Å². The monoisotopic (exact) mass is 389 g/mol. The quantitative estimate of drug-likeness (QED) is 0.525. The van der Waals surface area contributed by atoms with Crippen LogP contribution in [-0.4, -0.2) is 43.0 Å². The molecule has 1 aromatic carbocycles. The van der Waals surface area contributed by atoms with Crippen LogP contribution in [0.25, 0.3) is 17.2 Å². The van der Waals surface area contributed by atoms with E-state index in [0.717, 1.165) is 11.3 Å². The second-order valence-corrected chi connectivity index (χ2v) is 6.12. The van der Waals surface area contributed by atoms with Gasteiger partial charge in [-0.25, -0.2) is 9.67 Å². The lowest BCUT2D eigenvalue weighted by Gasteiger charge is -2.06. The van der Waals surface area contributed by atoms with E-state index in [0.29, 0.717) is 29.4 Å². The molecule has 4 rings (SSSR count). The summed E-state index contributed by atoms with van der Waals surface area (Å²) in [6, 6.07) is 13.0. The van der Waals surface area contributed by atoms with Gasteiger partial charge in [0.25, 0.3) is 5.91 Å². The summed E-state index contributed by atoms with van der Waals surface area (Å²) in [4.78, 5) is 21.5. The van der Waals surface area contributed by atoms with E-state index < -0.39 is 0 Å². The number of hydrogen-bond donors (Lipinski definition) is 2. The van der Waals surface area contributed by atoms with Crippen LogP contribution in [0.4, 0.5) is 5.95 Å². The van der Waals surface area contributed by atoms with E-state index in [1.54, 1.807) is 18.0 Å². The van der Waals surface area contributed by atoms with Crippen LogP contribution in [0.1, 0.15) is 23.0 Å². The number of para-hydroxylation sites is 1. The van der Waals surface area contributed by atoms with Gasteiger partial charge in [0, 0.05) is 6.20 Å². The molecule has 2 N–H and O–H groups in total. The molecule has 0 bridgehead atoms. The fourth-order valence-corrected chi connectivity index (χ4v) is 3.03. The Hall–Kier alpha value is -4.01. The largest absolute Gasteiger partial charge is 0.496 e. The first-order chi connectivity index (χ1) is 14.2. The highest BCUT2D eigenvalue weighted by Gasteiger charge is 2.19. The number of methoxy groups -OCH3 is 1. The van der Waals surface area contributed by atoms with Gasteiger partial charge in [-0.1, -0.05) is 25.1 Å². The Balaban J connectivity index is 1.58. The van der Waals surface area contributed by atoms with Crippen molar-refractivity contribution in [3.05, 3.63) is 66.1 Å². The Morgan fingerprint density at radius 3 is 2.79 bits per heavy atom. The average molecular weight is 389 g/mol. The maximum Gasteiger partial charge on any atom is 0.261 e. The van der Waals surface area contributed by atoms with E-state index >= 15 is 0 Å². The number of amides is 1. The van der Waals surface area contributed by atoms with Gasteiger partial charge in [-0.15, -0.1) is 5.10 Å². The zero-order chi connectivity index (χ0) is 20.2. The van der Waals surface area contributed by atoms with E-state index in [9.17, 15) is 4.79 Å². The fourth-order valence-electron chi connectivity index (χ4n) is 3.03. The molecule has 1 amide bonds. The van der Waals surface area contributed by atoms with Crippen LogP contribution in [0.5, 0.6) is 5.75 Å². The number of ether oxygens (including phenoxy) is 1. The van der Waals surface area contributed by atoms with E-state index in [-0.39, 0.29) is 11.9 Å². The van der Waals surface area contributed by atoms with Crippen LogP contribution in [0.2, 0.25) is 0 Å². The first-order valence-corrected chi connectivity index (χ1v) is 9.06. The summed E-state index contributed by atoms with van der Waals surface area (Å²) >= 11 is 0. The lowest BCUT2D eigenvalue weighted by molar-refractivity contribution is 0.102. The molecule has 29 heavy (non-hydrogen) atoms. The van der Waals surface area contributed by atoms with Gasteiger partial charge in [-0.2, -0.15) is 10.1 Å². The smallest absolute Gasteiger partial charge is 0.261 e. The molecule has 0 aliphatic carbocycles. The number of pyridine rings is 1. The van der Waals surface area contributed by atoms with Crippen LogP contribution in [0, 0.1) is 0 Å². The van der Waals surface area contributed by atoms with Crippen LogP contribution in [0.15, 0.2) is 54.9 Å². The fraction of sp³-hybridized carbons (Fsp3) is 0.150. The van der Waals surface area contributed by atoms with Gasteiger partial charge in [0.15, 0.2) is 11.6 Å². The zero-order valence-corrected chi connectivity index (χ0v) is 16.0. The molecule has 4 aromatic rings. The van der Waals surface area contributed by atoms with Crippen LogP contribution < -0.4 is 10.1 Å². The highest BCUT2D eigenvalue weighted by atomic mass is 16.5. The van der Waals surface area contributed by atoms with Crippen molar-refractivity contribution in [1.82, 2.24) is 29.9 Å². The minimum absolute atomic E-state index is 0.170. The number of nitrogens with one attached hydrogen (secondary N) is 2. The average Bonchev–Trinajstić information content (AvgIpc) is 3.41. The maximum atomic E-state index is 12.8. The third kappa shape index (κ3) is 3.57. The number of anilines is 1. The van der Waals surface area contributed by atoms with Gasteiger partial charge in [-0.3, -0.25) is 15.2 Å². The Bertz CT molecular complexity index is 1130. The lowest BCUT2D eigenvalue weighted by Crippen LogP contribution is -2.15. The summed E-state index contributed by atoms with van der Waals surface area (Å²) in [5.74, 6) is 1.64. The molecule has 0 aliphatic rings. The normalized spacial score (nSPS) is 10.7. The first kappa shape index (κ1) is 18.4. The summed E-state index contributed by atoms with van der Waals surface area (Å²) in [6.45, 7) is 1.96. The number of aromatic amines is 1. The molecule has 3 heterocycles. The Kier molecular flexibility index (Phi) is 5.02. The molecular formula is C20H19N7O2. The van der Waals surface area contributed by atoms with Crippen molar-refractivity contribution in [3.8, 4) is 23.0 Å². The molecule has 0 saturated carbocycles. The summed E-state index contributed by atoms with van der Waals surface area (Å²) < 4.78 is 7.00. The highest BCUT2D eigenvalue weighted by molar-refractivity contribution is 6.04. The lowest BCUT2D eigenvalue weighted by atomic mass is 10.2. The van der Waals surface area contributed by atoms with Crippen molar-refractivity contribution < 1.29 is 9.53 Å². The van der Waals surface area contributed by atoms with Crippen molar-refractivity contribution in [1.29, 1.82) is 0 Å². The standard InChI is InChI=1S/C20H19N7O2/c1-3-15-14(12-22-27(15)17-10-6-7-11-21-17)19(28)24-20-23-18(25-26-20)13-8-4-5-9-16(13)29-2/h4-12H,3H2,1-2H3,(H2,23,24,25,26,28). The third-order valence-electron chi connectivity index (χ3n) is 4.39. The molecule has 0 unspecified atom stereocenters. The summed E-state index contributed by atoms with van der Waals surface area (Å²) in [5, 5.41) is 14.0. The van der Waals surface area contributed by atoms with E-state index in [1.807, 2.05) is 49.4 Å². The number of H-pyrrole nitrogens is 1. The van der Waals surface area contributed by atoms with Crippen molar-refractivity contribution in [2.75, 3.05) is 12.4 Å². The molecule has 0 spiro atoms. The van der Waals surface area contributed by atoms with Gasteiger partial charge in [-0.05, 0) is 30.7 Å². The molecule has 0 radical (unpaired) electrons. The highest BCUT2D eigenvalue weighted by Crippen LogP contribution is 2.27. The van der Waals surface area contributed by atoms with Crippen LogP contribution in [-0.2, 0) is 6.42 Å². The number of hydrogen-bond acceptors (Lipinski definition) is 6. The molecular weight excluding hydrogens is 370 g/mol. The molecule has 9 nitrogen and oxygen atoms in total. The van der Waals surface area contributed by atoms with Crippen molar-refractivity contribution in [2.45, 2.75) is 13.3 Å². The molecule has 146 valence electrons. The minimum atomic E-state index is -0.338. The summed E-state index contributed by atoms with van der Waals surface area (Å²) in [7, 11) is 1.59. The van der Waals surface area contributed by atoms with E-state index in [2.05, 4.69) is 30.6 Å². The van der Waals surface area contributed by atoms with Crippen molar-refractivity contribution in [3.63, 3.8) is 0 Å². The van der Waals surface area contributed by atoms with Crippen molar-refractivity contribution in [2.24, 2.45) is 0 Å². The molecule has 0 atom stereocenters. The van der Waals surface area contributed by atoms with Gasteiger partial charge < -0.3 is 4.74 Å². The molecule has 9 heteroatoms. The molecule has 0 aliphatic heterocycles. The first-order valence-electron chi connectivity index (χ1n) is 9.06. The van der Waals surface area contributed by atoms with Crippen molar-refractivity contribution >= 4 is 11.9 Å². The van der Waals surface area contributed by atoms with Crippen LogP contribution in [0.3, 0.4) is 0 Å². The molecule has 3 aromatic heterocycles. The second kappa shape index (κ2) is 7.93. The third-order valence-corrected chi connectivity index (χ3v) is 4.39. The number of carbonyl (C=O) groups is 1. The summed E-state index contributed by atoms with van der Waals surface area (Å²) in [5.41, 5.74) is 1.95. The Labute approximate surface area is 166 Å². The van der Waals surface area contributed by atoms with Gasteiger partial charge in [0.05, 0.1) is 30.1 Å². The summed E-state index contributed by atoms with van der Waals surface area (Å²) in [6.07, 6.45) is 3.82. The molecule has 0 saturated heterocycles. The maximum absolute atomic E-state index is 12.8. The van der Waals surface area contributed by atoms with E-state index in [1.165, 1.54) is 6.20 Å². The zero-order valence-electron chi connectivity index (χ0n) is 16.0. The predicted octanol–water partition coefficient (Wildman–Crippen LogP) is 2.88. The minimum Gasteiger partial charge on any atom is -0.496 e. The number of nitrogens with zero attached hydrogens (tertiary/aromatic N) is 5. The second-order valence-electron chi connectivity index (χ2n) is 6.12. The van der Waals surface area contributed by atoms with Gasteiger partial charge >= 0.3 is 0 Å². The SMILES string of the molecule is CCc1c(C(=O)Nc2n[nH]c(-c3ccccc3OC)n2)cnn1-c1ccccn1. The van der Waals surface area contributed by atoms with Gasteiger partial charge in [0.1, 0.15) is 5.75 Å². The molecule has 0 fully saturated rings. The predicted molar refractivity (Wildman–Crippen MR) is 107 cm³/mol. The Morgan fingerprint density at radius 2 is 2.03 bits per heavy atom. The number of benzene rings is 1. The number of aromatic nitrogens is 6. The van der Waals surface area contributed by atoms with Crippen LogP contribution >= 0.6 is 0 Å². The van der Waals surface area contributed by atoms with E-state index in [4.69, 9.17) is 4.74 Å². The topological polar surface area (TPSA) is 111 Å². The number of rotatable bonds is 6.